The molecule has 0 radical (unpaired) electrons. The van der Waals surface area contributed by atoms with E-state index in [2.05, 4.69) is 20.3 Å². The van der Waals surface area contributed by atoms with Crippen molar-refractivity contribution in [2.75, 3.05) is 7.11 Å². The number of hydrogen-bond acceptors (Lipinski definition) is 5. The molecule has 6 nitrogen and oxygen atoms in total. The second-order valence-corrected chi connectivity index (χ2v) is 5.11. The van der Waals surface area contributed by atoms with Gasteiger partial charge in [-0.1, -0.05) is 0 Å². The molecule has 0 spiro atoms. The quantitative estimate of drug-likeness (QED) is 0.801. The molecule has 3 rings (SSSR count). The molecule has 0 aliphatic heterocycles. The molecule has 3 aromatic rings. The van der Waals surface area contributed by atoms with Crippen LogP contribution in [0.3, 0.4) is 0 Å². The Bertz CT molecular complexity index is 836. The van der Waals surface area contributed by atoms with E-state index in [-0.39, 0.29) is 11.9 Å². The zero-order chi connectivity index (χ0) is 16.2. The Morgan fingerprint density at radius 1 is 1.17 bits per heavy atom. The number of carbonyl (C=O) groups excluding carboxylic acids is 1. The summed E-state index contributed by atoms with van der Waals surface area (Å²) in [6, 6.07) is 7.13. The van der Waals surface area contributed by atoms with Gasteiger partial charge < -0.3 is 10.1 Å². The van der Waals surface area contributed by atoms with Gasteiger partial charge in [-0.15, -0.1) is 0 Å². The van der Waals surface area contributed by atoms with Crippen LogP contribution in [0.15, 0.2) is 49.1 Å². The van der Waals surface area contributed by atoms with Gasteiger partial charge in [0.05, 0.1) is 36.1 Å². The molecule has 0 aliphatic carbocycles. The van der Waals surface area contributed by atoms with Crippen molar-refractivity contribution in [2.45, 2.75) is 13.0 Å². The van der Waals surface area contributed by atoms with E-state index in [1.54, 1.807) is 38.0 Å². The van der Waals surface area contributed by atoms with E-state index in [4.69, 9.17) is 4.74 Å². The maximum atomic E-state index is 12.4. The fourth-order valence-corrected chi connectivity index (χ4v) is 2.24. The maximum Gasteiger partial charge on any atom is 0.253 e. The lowest BCUT2D eigenvalue weighted by Crippen LogP contribution is -2.27. The lowest BCUT2D eigenvalue weighted by atomic mass is 10.1. The second kappa shape index (κ2) is 6.39. The zero-order valence-electron chi connectivity index (χ0n) is 12.9. The Kier molecular flexibility index (Phi) is 4.14. The van der Waals surface area contributed by atoms with Crippen molar-refractivity contribution in [1.29, 1.82) is 0 Å². The predicted molar refractivity (Wildman–Crippen MR) is 86.2 cm³/mol. The van der Waals surface area contributed by atoms with E-state index in [0.717, 1.165) is 16.7 Å². The van der Waals surface area contributed by atoms with Crippen LogP contribution < -0.4 is 10.1 Å². The van der Waals surface area contributed by atoms with Gasteiger partial charge in [0.1, 0.15) is 5.75 Å². The molecule has 1 atom stereocenters. The Hall–Kier alpha value is -3.02. The van der Waals surface area contributed by atoms with Crippen molar-refractivity contribution < 1.29 is 9.53 Å². The van der Waals surface area contributed by atoms with Crippen LogP contribution >= 0.6 is 0 Å². The van der Waals surface area contributed by atoms with E-state index in [1.165, 1.54) is 0 Å². The van der Waals surface area contributed by atoms with Crippen molar-refractivity contribution >= 4 is 16.8 Å². The molecule has 6 heteroatoms. The number of fused-ring (bicyclic) bond motifs is 1. The number of ether oxygens (including phenoxy) is 1. The van der Waals surface area contributed by atoms with Crippen LogP contribution in [-0.4, -0.2) is 28.0 Å². The number of pyridine rings is 1. The number of hydrogen-bond donors (Lipinski definition) is 1. The Morgan fingerprint density at radius 3 is 2.78 bits per heavy atom. The molecule has 0 saturated heterocycles. The number of benzene rings is 1. The molecule has 2 heterocycles. The van der Waals surface area contributed by atoms with E-state index in [1.807, 2.05) is 25.1 Å². The highest BCUT2D eigenvalue weighted by atomic mass is 16.5. The summed E-state index contributed by atoms with van der Waals surface area (Å²) in [4.78, 5) is 24.9. The molecule has 0 bridgehead atoms. The average Bonchev–Trinajstić information content (AvgIpc) is 2.61. The molecule has 1 unspecified atom stereocenters. The highest BCUT2D eigenvalue weighted by molar-refractivity contribution is 5.97. The second-order valence-electron chi connectivity index (χ2n) is 5.11. The summed E-state index contributed by atoms with van der Waals surface area (Å²) in [7, 11) is 1.61. The Balaban J connectivity index is 1.81. The number of methoxy groups -OCH3 is 1. The summed E-state index contributed by atoms with van der Waals surface area (Å²) in [5.41, 5.74) is 1.99. The van der Waals surface area contributed by atoms with Gasteiger partial charge >= 0.3 is 0 Å². The largest absolute Gasteiger partial charge is 0.497 e. The smallest absolute Gasteiger partial charge is 0.253 e. The first-order valence-corrected chi connectivity index (χ1v) is 7.18. The summed E-state index contributed by atoms with van der Waals surface area (Å²) in [6.45, 7) is 1.86. The van der Waals surface area contributed by atoms with Crippen LogP contribution in [0.1, 0.15) is 29.0 Å². The van der Waals surface area contributed by atoms with Gasteiger partial charge in [-0.25, -0.2) is 0 Å². The Labute approximate surface area is 133 Å². The minimum Gasteiger partial charge on any atom is -0.497 e. The van der Waals surface area contributed by atoms with Crippen LogP contribution in [0.4, 0.5) is 0 Å². The Morgan fingerprint density at radius 2 is 2.04 bits per heavy atom. The van der Waals surface area contributed by atoms with Crippen LogP contribution in [0.25, 0.3) is 10.9 Å². The third-order valence-electron chi connectivity index (χ3n) is 3.53. The molecule has 0 aliphatic rings. The summed E-state index contributed by atoms with van der Waals surface area (Å²) in [6.07, 6.45) is 6.39. The molecule has 2 aromatic heterocycles. The fraction of sp³-hybridized carbons (Fsp3) is 0.176. The zero-order valence-corrected chi connectivity index (χ0v) is 12.9. The van der Waals surface area contributed by atoms with Gasteiger partial charge in [0, 0.05) is 30.0 Å². The average molecular weight is 308 g/mol. The van der Waals surface area contributed by atoms with Crippen LogP contribution in [0.5, 0.6) is 5.75 Å². The fourth-order valence-electron chi connectivity index (χ4n) is 2.24. The molecule has 0 saturated carbocycles. The highest BCUT2D eigenvalue weighted by Crippen LogP contribution is 2.20. The van der Waals surface area contributed by atoms with Crippen LogP contribution in [0.2, 0.25) is 0 Å². The maximum absolute atomic E-state index is 12.4. The molecular weight excluding hydrogens is 292 g/mol. The minimum absolute atomic E-state index is 0.201. The van der Waals surface area contributed by atoms with Crippen molar-refractivity contribution in [3.05, 3.63) is 60.3 Å². The predicted octanol–water partition coefficient (Wildman–Crippen LogP) is 2.52. The summed E-state index contributed by atoms with van der Waals surface area (Å²) < 4.78 is 5.17. The van der Waals surface area contributed by atoms with Gasteiger partial charge in [-0.2, -0.15) is 0 Å². The topological polar surface area (TPSA) is 77.0 Å². The minimum atomic E-state index is -0.234. The van der Waals surface area contributed by atoms with Crippen molar-refractivity contribution in [3.8, 4) is 5.75 Å². The van der Waals surface area contributed by atoms with E-state index in [0.29, 0.717) is 11.3 Å². The number of nitrogens with zero attached hydrogens (tertiary/aromatic N) is 3. The van der Waals surface area contributed by atoms with Crippen molar-refractivity contribution in [2.24, 2.45) is 0 Å². The molecule has 1 amide bonds. The first kappa shape index (κ1) is 14.9. The first-order valence-electron chi connectivity index (χ1n) is 7.18. The standard InChI is InChI=1S/C17H16N4O2/c1-11(16-10-18-5-6-19-16)21-17(22)13-7-12-3-4-14(23-2)8-15(12)20-9-13/h3-11H,1-2H3,(H,21,22). The third kappa shape index (κ3) is 3.26. The molecule has 116 valence electrons. The molecule has 23 heavy (non-hydrogen) atoms. The highest BCUT2D eigenvalue weighted by Gasteiger charge is 2.13. The molecule has 1 N–H and O–H groups in total. The van der Waals surface area contributed by atoms with E-state index in [9.17, 15) is 4.79 Å². The van der Waals surface area contributed by atoms with Gasteiger partial charge in [-0.3, -0.25) is 19.7 Å². The normalized spacial score (nSPS) is 11.9. The number of amides is 1. The van der Waals surface area contributed by atoms with Crippen molar-refractivity contribution in [1.82, 2.24) is 20.3 Å². The molecule has 1 aromatic carbocycles. The van der Waals surface area contributed by atoms with Crippen LogP contribution in [0, 0.1) is 0 Å². The summed E-state index contributed by atoms with van der Waals surface area (Å²) in [5, 5.41) is 3.77. The van der Waals surface area contributed by atoms with Crippen LogP contribution in [-0.2, 0) is 0 Å². The number of rotatable bonds is 4. The lowest BCUT2D eigenvalue weighted by Gasteiger charge is -2.13. The number of nitrogens with one attached hydrogen (secondary N) is 1. The summed E-state index contributed by atoms with van der Waals surface area (Å²) >= 11 is 0. The SMILES string of the molecule is COc1ccc2cc(C(=O)NC(C)c3cnccn3)cnc2c1. The van der Waals surface area contributed by atoms with Gasteiger partial charge in [-0.05, 0) is 25.1 Å². The number of carbonyl (C=O) groups is 1. The monoisotopic (exact) mass is 308 g/mol. The van der Waals surface area contributed by atoms with E-state index < -0.39 is 0 Å². The van der Waals surface area contributed by atoms with Gasteiger partial charge in [0.2, 0.25) is 0 Å². The number of aromatic nitrogens is 3. The van der Waals surface area contributed by atoms with Gasteiger partial charge in [0.25, 0.3) is 5.91 Å². The molecular formula is C17H16N4O2. The van der Waals surface area contributed by atoms with Gasteiger partial charge in [0.15, 0.2) is 0 Å². The van der Waals surface area contributed by atoms with E-state index >= 15 is 0 Å². The third-order valence-corrected chi connectivity index (χ3v) is 3.53. The lowest BCUT2D eigenvalue weighted by molar-refractivity contribution is 0.0939. The summed E-state index contributed by atoms with van der Waals surface area (Å²) in [5.74, 6) is 0.534. The first-order chi connectivity index (χ1) is 11.2. The molecule has 0 fully saturated rings. The van der Waals surface area contributed by atoms with Crippen molar-refractivity contribution in [3.63, 3.8) is 0 Å².